The van der Waals surface area contributed by atoms with Crippen LogP contribution in [0.25, 0.3) is 6.08 Å². The van der Waals surface area contributed by atoms with Gasteiger partial charge in [0.1, 0.15) is 30.5 Å². The minimum Gasteiger partial charge on any atom is -0.506 e. The normalized spacial score (nSPS) is 10.2. The molecule has 0 atom stereocenters. The van der Waals surface area contributed by atoms with Crippen molar-refractivity contribution in [1.29, 1.82) is 0 Å². The molecule has 0 radical (unpaired) electrons. The Balaban J connectivity index is 2.01. The third-order valence-corrected chi connectivity index (χ3v) is 3.63. The van der Waals surface area contributed by atoms with Crippen LogP contribution in [0.5, 0.6) is 17.2 Å². The summed E-state index contributed by atoms with van der Waals surface area (Å²) in [7, 11) is 0. The Morgan fingerprint density at radius 3 is 2.50 bits per heavy atom. The Labute approximate surface area is 141 Å². The van der Waals surface area contributed by atoms with E-state index in [1.165, 1.54) is 12.1 Å². The number of phenols is 1. The van der Waals surface area contributed by atoms with Crippen LogP contribution in [0.2, 0.25) is 0 Å². The molecule has 0 saturated heterocycles. The molecule has 0 unspecified atom stereocenters. The van der Waals surface area contributed by atoms with Gasteiger partial charge in [0.15, 0.2) is 5.69 Å². The van der Waals surface area contributed by atoms with Gasteiger partial charge in [0.2, 0.25) is 0 Å². The summed E-state index contributed by atoms with van der Waals surface area (Å²) in [6.07, 6.45) is 2.43. The highest BCUT2D eigenvalue weighted by molar-refractivity contribution is 5.66. The van der Waals surface area contributed by atoms with E-state index in [-0.39, 0.29) is 11.4 Å². The summed E-state index contributed by atoms with van der Waals surface area (Å²) in [5, 5.41) is 12.4. The van der Waals surface area contributed by atoms with Crippen LogP contribution in [0.15, 0.2) is 42.1 Å². The van der Waals surface area contributed by atoms with Crippen LogP contribution in [0, 0.1) is 11.8 Å². The Morgan fingerprint density at radius 1 is 1.17 bits per heavy atom. The van der Waals surface area contributed by atoms with Crippen LogP contribution >= 0.6 is 0 Å². The van der Waals surface area contributed by atoms with E-state index >= 15 is 0 Å². The Bertz CT molecular complexity index is 740. The van der Waals surface area contributed by atoms with E-state index in [1.807, 2.05) is 13.0 Å². The lowest BCUT2D eigenvalue weighted by Gasteiger charge is -2.13. The molecule has 5 heteroatoms. The maximum absolute atomic E-state index is 10.7. The second-order valence-electron chi connectivity index (χ2n) is 5.34. The number of rotatable bonds is 8. The first-order valence-corrected chi connectivity index (χ1v) is 7.77. The maximum Gasteiger partial charge on any atom is 0.153 e. The predicted molar refractivity (Wildman–Crippen MR) is 95.2 cm³/mol. The topological polar surface area (TPSA) is 68.1 Å². The molecule has 0 saturated carbocycles. The molecule has 0 aliphatic carbocycles. The van der Waals surface area contributed by atoms with Gasteiger partial charge in [-0.1, -0.05) is 31.7 Å². The van der Waals surface area contributed by atoms with Crippen molar-refractivity contribution in [2.75, 3.05) is 13.2 Å². The monoisotopic (exact) mass is 327 g/mol. The molecule has 0 heterocycles. The fourth-order valence-electron chi connectivity index (χ4n) is 2.32. The van der Waals surface area contributed by atoms with Crippen LogP contribution < -0.4 is 9.47 Å². The fraction of sp³-hybridized carbons (Fsp3) is 0.263. The summed E-state index contributed by atoms with van der Waals surface area (Å²) >= 11 is 0. The summed E-state index contributed by atoms with van der Waals surface area (Å²) in [4.78, 5) is 10.7. The molecule has 0 aliphatic heterocycles. The zero-order valence-electron chi connectivity index (χ0n) is 13.9. The number of phenolic OH excluding ortho intramolecular Hbond substituents is 1. The zero-order chi connectivity index (χ0) is 17.5. The summed E-state index contributed by atoms with van der Waals surface area (Å²) < 4.78 is 11.4. The summed E-state index contributed by atoms with van der Waals surface area (Å²) in [6, 6.07) is 8.91. The molecule has 126 valence electrons. The van der Waals surface area contributed by atoms with E-state index in [2.05, 4.69) is 30.8 Å². The van der Waals surface area contributed by atoms with Crippen LogP contribution in [-0.2, 0) is 6.42 Å². The largest absolute Gasteiger partial charge is 0.506 e. The number of ether oxygens (including phenoxy) is 2. The maximum atomic E-state index is 10.7. The van der Waals surface area contributed by atoms with Gasteiger partial charge < -0.3 is 14.6 Å². The van der Waals surface area contributed by atoms with Crippen molar-refractivity contribution < 1.29 is 14.6 Å². The molecule has 2 rings (SSSR count). The molecule has 0 amide bonds. The van der Waals surface area contributed by atoms with Crippen molar-refractivity contribution in [3.63, 3.8) is 0 Å². The molecule has 2 aromatic carbocycles. The smallest absolute Gasteiger partial charge is 0.153 e. The van der Waals surface area contributed by atoms with Crippen LogP contribution in [0.3, 0.4) is 0 Å². The lowest BCUT2D eigenvalue weighted by molar-refractivity contribution is 0.215. The van der Waals surface area contributed by atoms with Gasteiger partial charge in [-0.15, -0.1) is 4.91 Å². The minimum atomic E-state index is -0.198. The van der Waals surface area contributed by atoms with E-state index in [0.29, 0.717) is 24.5 Å². The van der Waals surface area contributed by atoms with Crippen molar-refractivity contribution in [3.05, 3.63) is 58.5 Å². The molecule has 1 N–H and O–H groups in total. The standard InChI is InChI=1S/C19H21NO4/c1-4-14-7-6-13(3)10-18(14)23-8-9-24-19-12-16(20-22)17(21)11-15(19)5-2/h5-7,10-12,21H,2,4,8-9H2,1,3H3. The fourth-order valence-corrected chi connectivity index (χ4v) is 2.32. The second-order valence-corrected chi connectivity index (χ2v) is 5.34. The van der Waals surface area contributed by atoms with Gasteiger partial charge in [-0.25, -0.2) is 0 Å². The first kappa shape index (κ1) is 17.5. The van der Waals surface area contributed by atoms with Crippen molar-refractivity contribution >= 4 is 11.8 Å². The Hall–Kier alpha value is -2.82. The van der Waals surface area contributed by atoms with Gasteiger partial charge in [-0.3, -0.25) is 0 Å². The number of aryl methyl sites for hydroxylation is 2. The van der Waals surface area contributed by atoms with E-state index < -0.39 is 0 Å². The van der Waals surface area contributed by atoms with Crippen molar-refractivity contribution in [3.8, 4) is 17.2 Å². The number of aromatic hydroxyl groups is 1. The molecule has 2 aromatic rings. The van der Waals surface area contributed by atoms with Gasteiger partial charge in [0.05, 0.1) is 0 Å². The van der Waals surface area contributed by atoms with E-state index in [0.717, 1.165) is 23.3 Å². The SMILES string of the molecule is C=Cc1cc(O)c(N=O)cc1OCCOc1cc(C)ccc1CC. The van der Waals surface area contributed by atoms with Gasteiger partial charge in [-0.05, 0) is 41.8 Å². The van der Waals surface area contributed by atoms with Crippen LogP contribution in [0.4, 0.5) is 5.69 Å². The van der Waals surface area contributed by atoms with Crippen LogP contribution in [0.1, 0.15) is 23.6 Å². The molecule has 24 heavy (non-hydrogen) atoms. The molecule has 0 aromatic heterocycles. The first-order valence-electron chi connectivity index (χ1n) is 7.77. The number of nitrogens with zero attached hydrogens (tertiary/aromatic N) is 1. The molecule has 0 bridgehead atoms. The number of hydrogen-bond donors (Lipinski definition) is 1. The molecular formula is C19H21NO4. The third kappa shape index (κ3) is 4.13. The highest BCUT2D eigenvalue weighted by Crippen LogP contribution is 2.34. The van der Waals surface area contributed by atoms with Crippen LogP contribution in [-0.4, -0.2) is 18.3 Å². The van der Waals surface area contributed by atoms with Crippen molar-refractivity contribution in [2.45, 2.75) is 20.3 Å². The van der Waals surface area contributed by atoms with Crippen molar-refractivity contribution in [1.82, 2.24) is 0 Å². The molecule has 0 aliphatic rings. The third-order valence-electron chi connectivity index (χ3n) is 3.63. The summed E-state index contributed by atoms with van der Waals surface area (Å²) in [6.45, 7) is 8.41. The molecule has 5 nitrogen and oxygen atoms in total. The predicted octanol–water partition coefficient (Wildman–Crippen LogP) is 4.76. The number of benzene rings is 2. The van der Waals surface area contributed by atoms with Gasteiger partial charge in [0, 0.05) is 11.6 Å². The lowest BCUT2D eigenvalue weighted by Crippen LogP contribution is -2.10. The van der Waals surface area contributed by atoms with Gasteiger partial charge in [-0.2, -0.15) is 0 Å². The summed E-state index contributed by atoms with van der Waals surface area (Å²) in [5.41, 5.74) is 2.80. The second kappa shape index (κ2) is 8.15. The highest BCUT2D eigenvalue weighted by atomic mass is 16.5. The van der Waals surface area contributed by atoms with E-state index in [4.69, 9.17) is 9.47 Å². The summed E-state index contributed by atoms with van der Waals surface area (Å²) in [5.74, 6) is 1.09. The van der Waals surface area contributed by atoms with Gasteiger partial charge in [0.25, 0.3) is 0 Å². The Morgan fingerprint density at radius 2 is 1.88 bits per heavy atom. The van der Waals surface area contributed by atoms with Crippen molar-refractivity contribution in [2.24, 2.45) is 5.18 Å². The minimum absolute atomic E-state index is 0.0662. The average Bonchev–Trinajstić information content (AvgIpc) is 2.59. The van der Waals surface area contributed by atoms with E-state index in [9.17, 15) is 10.0 Å². The lowest BCUT2D eigenvalue weighted by atomic mass is 10.1. The molecule has 0 fully saturated rings. The zero-order valence-corrected chi connectivity index (χ0v) is 13.9. The molecule has 0 spiro atoms. The Kier molecular flexibility index (Phi) is 5.95. The first-order chi connectivity index (χ1) is 11.6. The average molecular weight is 327 g/mol. The highest BCUT2D eigenvalue weighted by Gasteiger charge is 2.09. The number of hydrogen-bond acceptors (Lipinski definition) is 5. The number of nitroso groups, excluding NO2 is 1. The molecular weight excluding hydrogens is 306 g/mol. The van der Waals surface area contributed by atoms with E-state index in [1.54, 1.807) is 6.08 Å². The quantitative estimate of drug-likeness (QED) is 0.560. The van der Waals surface area contributed by atoms with Gasteiger partial charge >= 0.3 is 0 Å².